The van der Waals surface area contributed by atoms with Gasteiger partial charge in [-0.3, -0.25) is 9.36 Å². The summed E-state index contributed by atoms with van der Waals surface area (Å²) >= 11 is 1.46. The molecular weight excluding hydrogens is 394 g/mol. The molecule has 1 saturated heterocycles. The van der Waals surface area contributed by atoms with E-state index >= 15 is 0 Å². The van der Waals surface area contributed by atoms with E-state index in [-0.39, 0.29) is 5.91 Å². The molecular formula is C23H27N5OS. The molecule has 1 aromatic heterocycles. The number of benzene rings is 2. The molecule has 7 heteroatoms. The minimum Gasteiger partial charge on any atom is -0.380 e. The minimum atomic E-state index is 0.144. The van der Waals surface area contributed by atoms with E-state index in [0.717, 1.165) is 47.4 Å². The summed E-state index contributed by atoms with van der Waals surface area (Å²) in [7, 11) is 0. The third-order valence-corrected chi connectivity index (χ3v) is 6.32. The Hall–Kier alpha value is -2.80. The van der Waals surface area contributed by atoms with Crippen molar-refractivity contribution < 1.29 is 4.79 Å². The average Bonchev–Trinajstić information content (AvgIpc) is 3.35. The van der Waals surface area contributed by atoms with Crippen LogP contribution in [0, 0.1) is 20.8 Å². The fourth-order valence-corrected chi connectivity index (χ4v) is 4.66. The lowest BCUT2D eigenvalue weighted by Crippen LogP contribution is -2.32. The molecule has 1 N–H and O–H groups in total. The van der Waals surface area contributed by atoms with Crippen molar-refractivity contribution in [2.75, 3.05) is 24.2 Å². The molecule has 0 bridgehead atoms. The molecule has 0 saturated carbocycles. The van der Waals surface area contributed by atoms with Crippen molar-refractivity contribution in [3.05, 3.63) is 65.5 Å². The zero-order valence-electron chi connectivity index (χ0n) is 17.6. The predicted octanol–water partition coefficient (Wildman–Crippen LogP) is 4.00. The zero-order valence-corrected chi connectivity index (χ0v) is 18.4. The third kappa shape index (κ3) is 4.51. The van der Waals surface area contributed by atoms with Gasteiger partial charge in [0.2, 0.25) is 5.91 Å². The molecule has 2 heterocycles. The van der Waals surface area contributed by atoms with Gasteiger partial charge >= 0.3 is 0 Å². The van der Waals surface area contributed by atoms with Crippen molar-refractivity contribution >= 4 is 23.4 Å². The molecule has 0 radical (unpaired) electrons. The number of carbonyl (C=O) groups excluding carboxylic acids is 1. The van der Waals surface area contributed by atoms with Crippen molar-refractivity contribution in [3.8, 4) is 5.69 Å². The van der Waals surface area contributed by atoms with Crippen LogP contribution in [-0.2, 0) is 4.79 Å². The molecule has 1 aliphatic rings. The highest BCUT2D eigenvalue weighted by molar-refractivity contribution is 7.99. The SMILES string of the molecule is Cc1ccc(C)c(-n2c(C)nnc2SCC(=O)N2CCC(Nc3ccccc3)C2)c1. The maximum Gasteiger partial charge on any atom is 0.233 e. The number of para-hydroxylation sites is 1. The molecule has 1 fully saturated rings. The Bertz CT molecular complexity index is 1030. The van der Waals surface area contributed by atoms with Gasteiger partial charge in [0.15, 0.2) is 5.16 Å². The van der Waals surface area contributed by atoms with E-state index in [2.05, 4.69) is 59.7 Å². The van der Waals surface area contributed by atoms with Crippen LogP contribution in [0.1, 0.15) is 23.4 Å². The van der Waals surface area contributed by atoms with E-state index in [1.165, 1.54) is 17.3 Å². The third-order valence-electron chi connectivity index (χ3n) is 5.41. The van der Waals surface area contributed by atoms with Gasteiger partial charge in [-0.1, -0.05) is 42.1 Å². The van der Waals surface area contributed by atoms with Crippen molar-refractivity contribution in [1.29, 1.82) is 0 Å². The van der Waals surface area contributed by atoms with Crippen molar-refractivity contribution in [1.82, 2.24) is 19.7 Å². The topological polar surface area (TPSA) is 63.1 Å². The minimum absolute atomic E-state index is 0.144. The monoisotopic (exact) mass is 421 g/mol. The molecule has 1 unspecified atom stereocenters. The van der Waals surface area contributed by atoms with Crippen molar-refractivity contribution in [3.63, 3.8) is 0 Å². The second-order valence-corrected chi connectivity index (χ2v) is 8.72. The van der Waals surface area contributed by atoms with Gasteiger partial charge in [0.1, 0.15) is 5.82 Å². The first-order valence-electron chi connectivity index (χ1n) is 10.2. The molecule has 0 spiro atoms. The number of rotatable bonds is 6. The van der Waals surface area contributed by atoms with Crippen LogP contribution >= 0.6 is 11.8 Å². The number of thioether (sulfide) groups is 1. The Labute approximate surface area is 181 Å². The Kier molecular flexibility index (Phi) is 6.08. The number of aromatic nitrogens is 3. The lowest BCUT2D eigenvalue weighted by molar-refractivity contribution is -0.127. The summed E-state index contributed by atoms with van der Waals surface area (Å²) in [4.78, 5) is 14.8. The largest absolute Gasteiger partial charge is 0.380 e. The number of nitrogens with zero attached hydrogens (tertiary/aromatic N) is 4. The number of hydrogen-bond acceptors (Lipinski definition) is 5. The standard InChI is InChI=1S/C23H27N5OS/c1-16-9-10-17(2)21(13-16)28-18(3)25-26-23(28)30-15-22(29)27-12-11-20(14-27)24-19-7-5-4-6-8-19/h4-10,13,20,24H,11-12,14-15H2,1-3H3. The van der Waals surface area contributed by atoms with Crippen LogP contribution in [0.3, 0.4) is 0 Å². The maximum absolute atomic E-state index is 12.8. The molecule has 1 atom stereocenters. The van der Waals surface area contributed by atoms with Crippen LogP contribution in [0.5, 0.6) is 0 Å². The predicted molar refractivity (Wildman–Crippen MR) is 121 cm³/mol. The lowest BCUT2D eigenvalue weighted by atomic mass is 10.1. The number of anilines is 1. The van der Waals surface area contributed by atoms with E-state index < -0.39 is 0 Å². The van der Waals surface area contributed by atoms with E-state index in [1.54, 1.807) is 0 Å². The zero-order chi connectivity index (χ0) is 21.1. The number of carbonyl (C=O) groups is 1. The molecule has 2 aromatic carbocycles. The highest BCUT2D eigenvalue weighted by Crippen LogP contribution is 2.26. The molecule has 30 heavy (non-hydrogen) atoms. The molecule has 4 rings (SSSR count). The van der Waals surface area contributed by atoms with Gasteiger partial charge in [0.25, 0.3) is 0 Å². The Morgan fingerprint density at radius 2 is 1.93 bits per heavy atom. The van der Waals surface area contributed by atoms with Gasteiger partial charge in [0.05, 0.1) is 11.4 Å². The van der Waals surface area contributed by atoms with Gasteiger partial charge in [-0.2, -0.15) is 0 Å². The number of aryl methyl sites for hydroxylation is 3. The van der Waals surface area contributed by atoms with Gasteiger partial charge in [-0.25, -0.2) is 0 Å². The van der Waals surface area contributed by atoms with Crippen LogP contribution in [-0.4, -0.2) is 50.5 Å². The summed E-state index contributed by atoms with van der Waals surface area (Å²) in [6.45, 7) is 7.62. The molecule has 3 aromatic rings. The first-order valence-corrected chi connectivity index (χ1v) is 11.2. The van der Waals surface area contributed by atoms with E-state index in [9.17, 15) is 4.79 Å². The summed E-state index contributed by atoms with van der Waals surface area (Å²) in [6, 6.07) is 16.8. The van der Waals surface area contributed by atoms with Gasteiger partial charge in [-0.05, 0) is 56.5 Å². The number of amides is 1. The van der Waals surface area contributed by atoms with Gasteiger partial charge in [0, 0.05) is 24.8 Å². The summed E-state index contributed by atoms with van der Waals surface area (Å²) < 4.78 is 2.05. The molecule has 1 amide bonds. The second-order valence-electron chi connectivity index (χ2n) is 7.78. The van der Waals surface area contributed by atoms with Crippen LogP contribution in [0.25, 0.3) is 5.69 Å². The van der Waals surface area contributed by atoms with Crippen LogP contribution in [0.4, 0.5) is 5.69 Å². The van der Waals surface area contributed by atoms with E-state index in [1.807, 2.05) is 34.6 Å². The molecule has 1 aliphatic heterocycles. The Balaban J connectivity index is 1.39. The number of nitrogens with one attached hydrogen (secondary N) is 1. The van der Waals surface area contributed by atoms with Crippen molar-refractivity contribution in [2.24, 2.45) is 0 Å². The Morgan fingerprint density at radius 1 is 1.13 bits per heavy atom. The van der Waals surface area contributed by atoms with E-state index in [0.29, 0.717) is 11.8 Å². The maximum atomic E-state index is 12.8. The van der Waals surface area contributed by atoms with Gasteiger partial charge < -0.3 is 10.2 Å². The lowest BCUT2D eigenvalue weighted by Gasteiger charge is -2.18. The van der Waals surface area contributed by atoms with Crippen LogP contribution in [0.15, 0.2) is 53.7 Å². The highest BCUT2D eigenvalue weighted by atomic mass is 32.2. The first-order chi connectivity index (χ1) is 14.5. The first kappa shape index (κ1) is 20.5. The van der Waals surface area contributed by atoms with Crippen molar-refractivity contribution in [2.45, 2.75) is 38.4 Å². The molecule has 6 nitrogen and oxygen atoms in total. The smallest absolute Gasteiger partial charge is 0.233 e. The summed E-state index contributed by atoms with van der Waals surface area (Å²) in [5, 5.41) is 12.9. The van der Waals surface area contributed by atoms with Gasteiger partial charge in [-0.15, -0.1) is 10.2 Å². The van der Waals surface area contributed by atoms with E-state index in [4.69, 9.17) is 0 Å². The normalized spacial score (nSPS) is 16.1. The number of hydrogen-bond donors (Lipinski definition) is 1. The fraction of sp³-hybridized carbons (Fsp3) is 0.348. The second kappa shape index (κ2) is 8.92. The summed E-state index contributed by atoms with van der Waals surface area (Å²) in [5.41, 5.74) is 4.51. The molecule has 156 valence electrons. The average molecular weight is 422 g/mol. The fourth-order valence-electron chi connectivity index (χ4n) is 3.77. The quantitative estimate of drug-likeness (QED) is 0.610. The van der Waals surface area contributed by atoms with Crippen LogP contribution in [0.2, 0.25) is 0 Å². The molecule has 0 aliphatic carbocycles. The number of likely N-dealkylation sites (tertiary alicyclic amines) is 1. The van der Waals surface area contributed by atoms with Crippen LogP contribution < -0.4 is 5.32 Å². The summed E-state index contributed by atoms with van der Waals surface area (Å²) in [5.74, 6) is 1.33. The highest BCUT2D eigenvalue weighted by Gasteiger charge is 2.26. The Morgan fingerprint density at radius 3 is 2.73 bits per heavy atom. The summed E-state index contributed by atoms with van der Waals surface area (Å²) in [6.07, 6.45) is 0.961.